The van der Waals surface area contributed by atoms with E-state index < -0.39 is 0 Å². The molecule has 4 aromatic carbocycles. The molecule has 2 atom stereocenters. The average molecular weight is 643 g/mol. The van der Waals surface area contributed by atoms with Gasteiger partial charge in [0.1, 0.15) is 0 Å². The van der Waals surface area contributed by atoms with Crippen molar-refractivity contribution in [1.82, 2.24) is 0 Å². The Morgan fingerprint density at radius 2 is 0.952 bits per heavy atom. The third-order valence-electron chi connectivity index (χ3n) is 9.29. The minimum Gasteiger partial charge on any atom is -0.0655 e. The minimum atomic E-state index is 0. The van der Waals surface area contributed by atoms with Crippen LogP contribution in [0.2, 0.25) is 12.1 Å². The molecule has 2 unspecified atom stereocenters. The summed E-state index contributed by atoms with van der Waals surface area (Å²) in [4.78, 5) is 0. The van der Waals surface area contributed by atoms with E-state index >= 15 is 0 Å². The Morgan fingerprint density at radius 3 is 1.33 bits per heavy atom. The van der Waals surface area contributed by atoms with Crippen molar-refractivity contribution >= 4 is 21.7 Å². The van der Waals surface area contributed by atoms with Crippen LogP contribution >= 0.6 is 0 Å². The molecule has 0 bridgehead atoms. The zero-order chi connectivity index (χ0) is 28.3. The van der Waals surface area contributed by atoms with Crippen molar-refractivity contribution < 1.29 is 26.2 Å². The van der Waals surface area contributed by atoms with E-state index in [1.54, 1.807) is 0 Å². The van der Waals surface area contributed by atoms with Gasteiger partial charge in [-0.05, 0) is 82.3 Å². The van der Waals surface area contributed by atoms with Crippen molar-refractivity contribution in [3.8, 4) is 22.3 Å². The van der Waals surface area contributed by atoms with Gasteiger partial charge in [-0.25, -0.2) is 0 Å². The zero-order valence-corrected chi connectivity index (χ0v) is 29.3. The maximum atomic E-state index is 2.48. The Hall–Kier alpha value is -2.54. The van der Waals surface area contributed by atoms with Crippen LogP contribution in [0, 0.1) is 0 Å². The van der Waals surface area contributed by atoms with Crippen LogP contribution in [0.15, 0.2) is 96.1 Å². The van der Waals surface area contributed by atoms with Gasteiger partial charge in [0, 0.05) is 47.6 Å². The molecule has 0 saturated heterocycles. The summed E-state index contributed by atoms with van der Waals surface area (Å²) in [5.41, 5.74) is 17.4. The summed E-state index contributed by atoms with van der Waals surface area (Å²) < 4.78 is 0. The number of hydrogen-bond acceptors (Lipinski definition) is 0. The number of allylic oxidation sites excluding steroid dienone is 2. The molecule has 0 amide bonds. The van der Waals surface area contributed by atoms with Gasteiger partial charge in [-0.1, -0.05) is 147 Å². The van der Waals surface area contributed by atoms with E-state index in [4.69, 9.17) is 0 Å². The van der Waals surface area contributed by atoms with Crippen molar-refractivity contribution in [2.24, 2.45) is 0 Å². The number of aryl methyl sites for hydroxylation is 2. The van der Waals surface area contributed by atoms with E-state index in [-0.39, 0.29) is 26.2 Å². The predicted molar refractivity (Wildman–Crippen MR) is 181 cm³/mol. The van der Waals surface area contributed by atoms with Gasteiger partial charge in [0.25, 0.3) is 0 Å². The molecule has 2 heteroatoms. The topological polar surface area (TPSA) is 0 Å². The fourth-order valence-electron chi connectivity index (χ4n) is 7.08. The standard InChI is InChI=1S/C40H43Si.Zr/c1-5-9-29-15-19-31(20-16-29)33-11-7-13-35-37(33)23-27(3)39(35)25-41-26-40-28(4)24-38-34(12-8-14-36(38)40)32-21-17-30(10-6-2)18-22-32;/h7-8,11-24,39-41H,5-6,9-10,25-26H2,1-4H3;. The molecule has 4 aromatic rings. The first-order valence-electron chi connectivity index (χ1n) is 15.7. The molecule has 0 saturated carbocycles. The fraction of sp³-hybridized carbons (Fsp3) is 0.300. The Balaban J connectivity index is 0.00000353. The molecule has 0 heterocycles. The van der Waals surface area contributed by atoms with Gasteiger partial charge in [-0.3, -0.25) is 0 Å². The van der Waals surface area contributed by atoms with Gasteiger partial charge < -0.3 is 0 Å². The molecule has 2 aliphatic carbocycles. The third kappa shape index (κ3) is 6.22. The molecule has 0 nitrogen and oxygen atoms in total. The minimum absolute atomic E-state index is 0. The molecule has 0 spiro atoms. The van der Waals surface area contributed by atoms with Crippen LogP contribution in [0.3, 0.4) is 0 Å². The summed E-state index contributed by atoms with van der Waals surface area (Å²) >= 11 is 0. The molecule has 0 N–H and O–H groups in total. The van der Waals surface area contributed by atoms with Gasteiger partial charge in [0.2, 0.25) is 0 Å². The first-order chi connectivity index (χ1) is 20.1. The maximum Gasteiger partial charge on any atom is 0.0299 e. The molecule has 1 radical (unpaired) electrons. The first kappa shape index (κ1) is 30.9. The Labute approximate surface area is 275 Å². The monoisotopic (exact) mass is 641 g/mol. The first-order valence-corrected chi connectivity index (χ1v) is 17.3. The van der Waals surface area contributed by atoms with Crippen LogP contribution in [0.4, 0.5) is 0 Å². The number of fused-ring (bicyclic) bond motifs is 2. The number of rotatable bonds is 10. The number of hydrogen-bond donors (Lipinski definition) is 0. The Kier molecular flexibility index (Phi) is 10.2. The zero-order valence-electron chi connectivity index (χ0n) is 25.7. The SMILES string of the molecule is CCCc1ccc(-c2cccc3c2C=C(C)C3C[SiH]CC2C(C)=Cc3c(-c4ccc(CCC)cc4)cccc32)cc1.[Zr]. The van der Waals surface area contributed by atoms with Gasteiger partial charge >= 0.3 is 0 Å². The molecular formula is C40H43SiZr. The van der Waals surface area contributed by atoms with E-state index in [0.29, 0.717) is 21.4 Å². The second-order valence-electron chi connectivity index (χ2n) is 12.2. The van der Waals surface area contributed by atoms with Crippen molar-refractivity contribution in [1.29, 1.82) is 0 Å². The van der Waals surface area contributed by atoms with E-state index in [1.807, 2.05) is 0 Å². The van der Waals surface area contributed by atoms with Gasteiger partial charge in [0.15, 0.2) is 0 Å². The predicted octanol–water partition coefficient (Wildman–Crippen LogP) is 10.9. The largest absolute Gasteiger partial charge is 0.0655 e. The normalized spacial score (nSPS) is 16.9. The molecule has 0 aliphatic heterocycles. The van der Waals surface area contributed by atoms with Crippen LogP contribution in [0.5, 0.6) is 0 Å². The molecular weight excluding hydrogens is 600 g/mol. The van der Waals surface area contributed by atoms with Crippen LogP contribution in [-0.4, -0.2) is 9.52 Å². The van der Waals surface area contributed by atoms with Gasteiger partial charge in [-0.15, -0.1) is 0 Å². The van der Waals surface area contributed by atoms with Crippen molar-refractivity contribution in [2.45, 2.75) is 77.3 Å². The second-order valence-corrected chi connectivity index (χ2v) is 13.7. The summed E-state index contributed by atoms with van der Waals surface area (Å²) in [5, 5.41) is 0. The van der Waals surface area contributed by atoms with E-state index in [2.05, 4.69) is 125 Å². The average Bonchev–Trinajstić information content (AvgIpc) is 3.49. The van der Waals surface area contributed by atoms with E-state index in [0.717, 1.165) is 12.8 Å². The molecule has 42 heavy (non-hydrogen) atoms. The van der Waals surface area contributed by atoms with Crippen LogP contribution < -0.4 is 0 Å². The molecule has 0 aromatic heterocycles. The van der Waals surface area contributed by atoms with Crippen molar-refractivity contribution in [3.05, 3.63) is 129 Å². The summed E-state index contributed by atoms with van der Waals surface area (Å²) in [6.45, 7) is 9.21. The fourth-order valence-corrected chi connectivity index (χ4v) is 9.19. The number of benzene rings is 4. The van der Waals surface area contributed by atoms with Gasteiger partial charge in [0.05, 0.1) is 0 Å². The smallest absolute Gasteiger partial charge is 0.0299 e. The summed E-state index contributed by atoms with van der Waals surface area (Å²) in [7, 11) is 0.346. The Bertz CT molecular complexity index is 1470. The third-order valence-corrected chi connectivity index (χ3v) is 10.9. The second kappa shape index (κ2) is 13.8. The van der Waals surface area contributed by atoms with E-state index in [9.17, 15) is 0 Å². The summed E-state index contributed by atoms with van der Waals surface area (Å²) in [6.07, 6.45) is 9.66. The molecule has 6 rings (SSSR count). The van der Waals surface area contributed by atoms with Crippen LogP contribution in [0.25, 0.3) is 34.4 Å². The molecule has 211 valence electrons. The Morgan fingerprint density at radius 1 is 0.548 bits per heavy atom. The van der Waals surface area contributed by atoms with Crippen LogP contribution in [-0.2, 0) is 39.0 Å². The molecule has 2 aliphatic rings. The molecule has 0 fully saturated rings. The maximum absolute atomic E-state index is 2.48. The summed E-state index contributed by atoms with van der Waals surface area (Å²) in [5.74, 6) is 1.13. The van der Waals surface area contributed by atoms with Crippen molar-refractivity contribution in [3.63, 3.8) is 0 Å². The van der Waals surface area contributed by atoms with E-state index in [1.165, 1.54) is 91.7 Å². The quantitative estimate of drug-likeness (QED) is 0.151. The van der Waals surface area contributed by atoms with Crippen molar-refractivity contribution in [2.75, 3.05) is 0 Å². The van der Waals surface area contributed by atoms with Gasteiger partial charge in [-0.2, -0.15) is 0 Å². The van der Waals surface area contributed by atoms with Crippen LogP contribution in [0.1, 0.15) is 85.8 Å². The summed E-state index contributed by atoms with van der Waals surface area (Å²) in [6, 6.07) is 35.1.